The second-order valence-corrected chi connectivity index (χ2v) is 5.26. The van der Waals surface area contributed by atoms with E-state index in [9.17, 15) is 5.11 Å². The Hall–Kier alpha value is -0.340. The number of epoxide rings is 1. The molecule has 0 radical (unpaired) electrons. The van der Waals surface area contributed by atoms with Crippen LogP contribution in [-0.2, 0) is 4.74 Å². The van der Waals surface area contributed by atoms with Gasteiger partial charge in [0.15, 0.2) is 0 Å². The Morgan fingerprint density at radius 3 is 2.92 bits per heavy atom. The molecule has 2 bridgehead atoms. The predicted molar refractivity (Wildman–Crippen MR) is 47.0 cm³/mol. The normalized spacial score (nSPS) is 71.2. The fourth-order valence-corrected chi connectivity index (χ4v) is 4.25. The maximum absolute atomic E-state index is 10.0. The van der Waals surface area contributed by atoms with E-state index in [-0.39, 0.29) is 17.8 Å². The number of aliphatic hydroxyl groups is 1. The molecule has 7 unspecified atom stereocenters. The third-order valence-corrected chi connectivity index (χ3v) is 4.78. The minimum Gasteiger partial charge on any atom is -0.390 e. The third kappa shape index (κ3) is 0.571. The van der Waals surface area contributed by atoms with Crippen LogP contribution in [0.5, 0.6) is 0 Å². The standard InChI is InChI=1S/C11H14O2/c1-11-8-6-3-2-5(4-6)7(8)9(12)10(11)13-11/h2-3,5-10,12H,4H2,1H3. The molecule has 2 heteroatoms. The van der Waals surface area contributed by atoms with Gasteiger partial charge in [0.05, 0.1) is 11.7 Å². The van der Waals surface area contributed by atoms with E-state index in [1.165, 1.54) is 6.42 Å². The van der Waals surface area contributed by atoms with Crippen LogP contribution in [0.1, 0.15) is 13.3 Å². The summed E-state index contributed by atoms with van der Waals surface area (Å²) >= 11 is 0. The number of hydrogen-bond acceptors (Lipinski definition) is 2. The molecule has 4 rings (SSSR count). The van der Waals surface area contributed by atoms with Crippen molar-refractivity contribution in [2.24, 2.45) is 23.7 Å². The van der Waals surface area contributed by atoms with E-state index in [1.54, 1.807) is 0 Å². The lowest BCUT2D eigenvalue weighted by Crippen LogP contribution is -2.31. The number of fused-ring (bicyclic) bond motifs is 7. The quantitative estimate of drug-likeness (QED) is 0.442. The molecule has 0 spiro atoms. The second-order valence-electron chi connectivity index (χ2n) is 5.26. The van der Waals surface area contributed by atoms with Gasteiger partial charge in [0.2, 0.25) is 0 Å². The van der Waals surface area contributed by atoms with Gasteiger partial charge in [0, 0.05) is 5.92 Å². The molecule has 0 aromatic carbocycles. The fraction of sp³-hybridized carbons (Fsp3) is 0.818. The molecular weight excluding hydrogens is 164 g/mol. The lowest BCUT2D eigenvalue weighted by atomic mass is 9.80. The van der Waals surface area contributed by atoms with E-state index in [1.807, 2.05) is 0 Å². The number of hydrogen-bond donors (Lipinski definition) is 1. The first-order chi connectivity index (χ1) is 6.22. The van der Waals surface area contributed by atoms with Crippen LogP contribution >= 0.6 is 0 Å². The van der Waals surface area contributed by atoms with Crippen LogP contribution in [-0.4, -0.2) is 22.9 Å². The zero-order chi connectivity index (χ0) is 8.79. The highest BCUT2D eigenvalue weighted by Gasteiger charge is 2.75. The van der Waals surface area contributed by atoms with Crippen molar-refractivity contribution < 1.29 is 9.84 Å². The summed E-state index contributed by atoms with van der Waals surface area (Å²) in [4.78, 5) is 0. The van der Waals surface area contributed by atoms with Crippen LogP contribution < -0.4 is 0 Å². The van der Waals surface area contributed by atoms with Gasteiger partial charge < -0.3 is 9.84 Å². The topological polar surface area (TPSA) is 32.8 Å². The van der Waals surface area contributed by atoms with Gasteiger partial charge in [0.1, 0.15) is 6.10 Å². The predicted octanol–water partition coefficient (Wildman–Crippen LogP) is 0.957. The van der Waals surface area contributed by atoms with Gasteiger partial charge in [-0.15, -0.1) is 0 Å². The highest BCUT2D eigenvalue weighted by Crippen LogP contribution is 2.67. The van der Waals surface area contributed by atoms with Crippen LogP contribution in [0.3, 0.4) is 0 Å². The zero-order valence-electron chi connectivity index (χ0n) is 7.68. The Labute approximate surface area is 77.6 Å². The monoisotopic (exact) mass is 178 g/mol. The smallest absolute Gasteiger partial charge is 0.113 e. The molecule has 4 aliphatic rings. The van der Waals surface area contributed by atoms with Gasteiger partial charge in [-0.05, 0) is 31.1 Å². The highest BCUT2D eigenvalue weighted by molar-refractivity contribution is 5.29. The van der Waals surface area contributed by atoms with Gasteiger partial charge >= 0.3 is 0 Å². The van der Waals surface area contributed by atoms with Crippen molar-refractivity contribution in [2.75, 3.05) is 0 Å². The van der Waals surface area contributed by atoms with E-state index < -0.39 is 0 Å². The average Bonchev–Trinajstić information content (AvgIpc) is 2.55. The molecule has 2 nitrogen and oxygen atoms in total. The molecule has 1 saturated heterocycles. The van der Waals surface area contributed by atoms with Crippen LogP contribution in [0, 0.1) is 23.7 Å². The Bertz CT molecular complexity index is 311. The van der Waals surface area contributed by atoms with Crippen molar-refractivity contribution in [3.8, 4) is 0 Å². The van der Waals surface area contributed by atoms with Crippen molar-refractivity contribution in [1.82, 2.24) is 0 Å². The van der Waals surface area contributed by atoms with Gasteiger partial charge in [-0.25, -0.2) is 0 Å². The van der Waals surface area contributed by atoms with E-state index in [4.69, 9.17) is 4.74 Å². The van der Waals surface area contributed by atoms with Gasteiger partial charge in [-0.1, -0.05) is 12.2 Å². The molecule has 13 heavy (non-hydrogen) atoms. The van der Waals surface area contributed by atoms with Crippen molar-refractivity contribution >= 4 is 0 Å². The molecule has 3 aliphatic carbocycles. The molecule has 2 saturated carbocycles. The van der Waals surface area contributed by atoms with Gasteiger partial charge in [-0.3, -0.25) is 0 Å². The summed E-state index contributed by atoms with van der Waals surface area (Å²) in [7, 11) is 0. The summed E-state index contributed by atoms with van der Waals surface area (Å²) in [5.74, 6) is 2.47. The molecule has 0 aromatic heterocycles. The molecule has 0 amide bonds. The van der Waals surface area contributed by atoms with Crippen molar-refractivity contribution in [3.63, 3.8) is 0 Å². The second kappa shape index (κ2) is 1.73. The Morgan fingerprint density at radius 1 is 1.38 bits per heavy atom. The molecule has 0 aromatic rings. The Morgan fingerprint density at radius 2 is 2.15 bits per heavy atom. The van der Waals surface area contributed by atoms with Crippen LogP contribution in [0.15, 0.2) is 12.2 Å². The first kappa shape index (κ1) is 7.02. The number of aliphatic hydroxyl groups excluding tert-OH is 1. The van der Waals surface area contributed by atoms with Crippen molar-refractivity contribution in [2.45, 2.75) is 31.2 Å². The first-order valence-electron chi connectivity index (χ1n) is 5.26. The number of allylic oxidation sites excluding steroid dienone is 2. The fourth-order valence-electron chi connectivity index (χ4n) is 4.25. The van der Waals surface area contributed by atoms with Crippen molar-refractivity contribution in [1.29, 1.82) is 0 Å². The van der Waals surface area contributed by atoms with Gasteiger partial charge in [-0.2, -0.15) is 0 Å². The molecule has 7 atom stereocenters. The minimum absolute atomic E-state index is 0.0360. The van der Waals surface area contributed by atoms with E-state index in [2.05, 4.69) is 19.1 Å². The van der Waals surface area contributed by atoms with Crippen LogP contribution in [0.4, 0.5) is 0 Å². The lowest BCUT2D eigenvalue weighted by Gasteiger charge is -2.27. The largest absolute Gasteiger partial charge is 0.390 e. The lowest BCUT2D eigenvalue weighted by molar-refractivity contribution is 0.0239. The Balaban J connectivity index is 1.84. The van der Waals surface area contributed by atoms with Gasteiger partial charge in [0.25, 0.3) is 0 Å². The summed E-state index contributed by atoms with van der Waals surface area (Å²) in [6, 6.07) is 0. The summed E-state index contributed by atoms with van der Waals surface area (Å²) < 4.78 is 5.64. The first-order valence-corrected chi connectivity index (χ1v) is 5.26. The summed E-state index contributed by atoms with van der Waals surface area (Å²) in [6.45, 7) is 2.18. The Kier molecular flexibility index (Phi) is 0.935. The minimum atomic E-state index is -0.185. The maximum Gasteiger partial charge on any atom is 0.113 e. The van der Waals surface area contributed by atoms with Crippen molar-refractivity contribution in [3.05, 3.63) is 12.2 Å². The number of ether oxygens (including phenoxy) is 1. The van der Waals surface area contributed by atoms with E-state index in [0.29, 0.717) is 23.7 Å². The van der Waals surface area contributed by atoms with Crippen LogP contribution in [0.25, 0.3) is 0 Å². The summed E-state index contributed by atoms with van der Waals surface area (Å²) in [6.07, 6.45) is 5.89. The highest BCUT2D eigenvalue weighted by atomic mass is 16.6. The number of rotatable bonds is 0. The molecule has 3 fully saturated rings. The third-order valence-electron chi connectivity index (χ3n) is 4.78. The summed E-state index contributed by atoms with van der Waals surface area (Å²) in [5, 5.41) is 10.0. The zero-order valence-corrected chi connectivity index (χ0v) is 7.68. The summed E-state index contributed by atoms with van der Waals surface area (Å²) in [5.41, 5.74) is 0.0360. The van der Waals surface area contributed by atoms with E-state index >= 15 is 0 Å². The SMILES string of the molecule is CC12OC1C(O)C1C3C=CC(C3)C12. The molecule has 1 N–H and O–H groups in total. The van der Waals surface area contributed by atoms with E-state index in [0.717, 1.165) is 0 Å². The molecular formula is C11H14O2. The molecule has 1 heterocycles. The van der Waals surface area contributed by atoms with Crippen LogP contribution in [0.2, 0.25) is 0 Å². The molecule has 70 valence electrons. The average molecular weight is 178 g/mol. The molecule has 1 aliphatic heterocycles. The maximum atomic E-state index is 10.0.